The average Bonchev–Trinajstić information content (AvgIpc) is 1.96. The lowest BCUT2D eigenvalue weighted by molar-refractivity contribution is 0.387. The summed E-state index contributed by atoms with van der Waals surface area (Å²) in [5.74, 6) is 0. The van der Waals surface area contributed by atoms with Crippen molar-refractivity contribution in [1.82, 2.24) is 0 Å². The van der Waals surface area contributed by atoms with E-state index in [2.05, 4.69) is 6.92 Å². The molecular formula is C8H14Cl2. The fourth-order valence-electron chi connectivity index (χ4n) is 1.56. The number of rotatable bonds is 1. The van der Waals surface area contributed by atoms with Crippen molar-refractivity contribution >= 4 is 23.2 Å². The Hall–Kier alpha value is 0.580. The van der Waals surface area contributed by atoms with Crippen molar-refractivity contribution in [2.75, 3.05) is 0 Å². The van der Waals surface area contributed by atoms with Crippen molar-refractivity contribution in [1.29, 1.82) is 0 Å². The van der Waals surface area contributed by atoms with E-state index in [4.69, 9.17) is 23.2 Å². The molecule has 0 radical (unpaired) electrons. The lowest BCUT2D eigenvalue weighted by atomic mass is 9.86. The molecule has 0 amide bonds. The molecule has 60 valence electrons. The van der Waals surface area contributed by atoms with Gasteiger partial charge in [-0.25, -0.2) is 0 Å². The van der Waals surface area contributed by atoms with Crippen molar-refractivity contribution < 1.29 is 0 Å². The van der Waals surface area contributed by atoms with Crippen molar-refractivity contribution in [3.8, 4) is 0 Å². The van der Waals surface area contributed by atoms with Gasteiger partial charge in [-0.1, -0.05) is 19.8 Å². The summed E-state index contributed by atoms with van der Waals surface area (Å²) in [4.78, 5) is -0.0835. The Balaban J connectivity index is 2.54. The maximum absolute atomic E-state index is 6.28. The normalized spacial score (nSPS) is 41.7. The zero-order chi connectivity index (χ0) is 7.61. The summed E-state index contributed by atoms with van der Waals surface area (Å²) >= 11 is 12.4. The Morgan fingerprint density at radius 1 is 1.50 bits per heavy atom. The summed E-state index contributed by atoms with van der Waals surface area (Å²) in [6, 6.07) is 0. The van der Waals surface area contributed by atoms with Crippen LogP contribution in [0.4, 0.5) is 0 Å². The van der Waals surface area contributed by atoms with Gasteiger partial charge in [-0.05, 0) is 19.3 Å². The maximum atomic E-state index is 6.28. The lowest BCUT2D eigenvalue weighted by Gasteiger charge is -2.34. The number of hydrogen-bond donors (Lipinski definition) is 0. The smallest absolute Gasteiger partial charge is 0.0607 e. The van der Waals surface area contributed by atoms with E-state index in [1.165, 1.54) is 12.8 Å². The molecule has 1 rings (SSSR count). The summed E-state index contributed by atoms with van der Waals surface area (Å²) in [5.41, 5.74) is 0. The highest BCUT2D eigenvalue weighted by molar-refractivity contribution is 6.32. The first-order valence-electron chi connectivity index (χ1n) is 4.02. The molecule has 0 bridgehead atoms. The van der Waals surface area contributed by atoms with Crippen LogP contribution in [-0.4, -0.2) is 10.3 Å². The quantitative estimate of drug-likeness (QED) is 0.542. The monoisotopic (exact) mass is 180 g/mol. The van der Waals surface area contributed by atoms with Gasteiger partial charge < -0.3 is 0 Å². The van der Waals surface area contributed by atoms with Crippen LogP contribution in [0.1, 0.15) is 39.0 Å². The first kappa shape index (κ1) is 8.67. The van der Waals surface area contributed by atoms with Crippen LogP contribution >= 0.6 is 23.2 Å². The third-order valence-electron chi connectivity index (χ3n) is 2.45. The minimum Gasteiger partial charge on any atom is -0.121 e. The first-order valence-corrected chi connectivity index (χ1v) is 4.83. The molecule has 0 nitrogen and oxygen atoms in total. The van der Waals surface area contributed by atoms with E-state index in [0.717, 1.165) is 19.3 Å². The molecule has 0 N–H and O–H groups in total. The van der Waals surface area contributed by atoms with Gasteiger partial charge in [-0.2, -0.15) is 0 Å². The fraction of sp³-hybridized carbons (Fsp3) is 1.00. The molecule has 0 aromatic rings. The zero-order valence-electron chi connectivity index (χ0n) is 6.37. The van der Waals surface area contributed by atoms with E-state index >= 15 is 0 Å². The van der Waals surface area contributed by atoms with Gasteiger partial charge in [0, 0.05) is 0 Å². The largest absolute Gasteiger partial charge is 0.121 e. The molecule has 0 saturated heterocycles. The Kier molecular flexibility index (Phi) is 2.88. The average molecular weight is 181 g/mol. The minimum absolute atomic E-state index is 0.0835. The molecule has 0 aromatic heterocycles. The van der Waals surface area contributed by atoms with Crippen molar-refractivity contribution in [2.24, 2.45) is 0 Å². The predicted molar refractivity (Wildman–Crippen MR) is 47.0 cm³/mol. The second-order valence-corrected chi connectivity index (χ2v) is 4.38. The van der Waals surface area contributed by atoms with E-state index < -0.39 is 0 Å². The summed E-state index contributed by atoms with van der Waals surface area (Å²) < 4.78 is 0. The van der Waals surface area contributed by atoms with Gasteiger partial charge in [0.25, 0.3) is 0 Å². The van der Waals surface area contributed by atoms with Gasteiger partial charge in [-0.3, -0.25) is 0 Å². The molecule has 1 saturated carbocycles. The summed E-state index contributed by atoms with van der Waals surface area (Å²) in [6.45, 7) is 2.12. The van der Waals surface area contributed by atoms with Crippen molar-refractivity contribution in [3.05, 3.63) is 0 Å². The zero-order valence-corrected chi connectivity index (χ0v) is 7.88. The third-order valence-corrected chi connectivity index (χ3v) is 3.92. The Labute approximate surface area is 72.9 Å². The van der Waals surface area contributed by atoms with Crippen molar-refractivity contribution in [2.45, 2.75) is 49.3 Å². The van der Waals surface area contributed by atoms with Gasteiger partial charge in [0.1, 0.15) is 0 Å². The van der Waals surface area contributed by atoms with Crippen LogP contribution in [0.25, 0.3) is 0 Å². The fourth-order valence-corrected chi connectivity index (χ4v) is 2.22. The lowest BCUT2D eigenvalue weighted by Crippen LogP contribution is -2.35. The summed E-state index contributed by atoms with van der Waals surface area (Å²) in [6.07, 6.45) is 5.70. The van der Waals surface area contributed by atoms with Crippen LogP contribution in [0.5, 0.6) is 0 Å². The third kappa shape index (κ3) is 1.60. The van der Waals surface area contributed by atoms with E-state index in [0.29, 0.717) is 0 Å². The molecule has 1 aliphatic rings. The number of alkyl halides is 2. The second kappa shape index (κ2) is 3.32. The van der Waals surface area contributed by atoms with E-state index in [1.54, 1.807) is 0 Å². The molecule has 1 fully saturated rings. The first-order chi connectivity index (χ1) is 4.69. The Morgan fingerprint density at radius 3 is 2.60 bits per heavy atom. The van der Waals surface area contributed by atoms with Crippen LogP contribution in [0, 0.1) is 0 Å². The topological polar surface area (TPSA) is 0 Å². The predicted octanol–water partition coefficient (Wildman–Crippen LogP) is 3.56. The van der Waals surface area contributed by atoms with E-state index in [1.807, 2.05) is 0 Å². The Bertz CT molecular complexity index is 114. The molecule has 0 aliphatic heterocycles. The van der Waals surface area contributed by atoms with Gasteiger partial charge in [0.2, 0.25) is 0 Å². The molecule has 0 aromatic carbocycles. The second-order valence-electron chi connectivity index (χ2n) is 3.10. The van der Waals surface area contributed by atoms with Crippen molar-refractivity contribution in [3.63, 3.8) is 0 Å². The van der Waals surface area contributed by atoms with Gasteiger partial charge >= 0.3 is 0 Å². The molecule has 10 heavy (non-hydrogen) atoms. The number of halogens is 2. The maximum Gasteiger partial charge on any atom is 0.0607 e. The molecular weight excluding hydrogens is 167 g/mol. The molecule has 0 unspecified atom stereocenters. The molecule has 2 heteroatoms. The molecule has 1 aliphatic carbocycles. The van der Waals surface area contributed by atoms with E-state index in [9.17, 15) is 0 Å². The highest BCUT2D eigenvalue weighted by Crippen LogP contribution is 2.40. The van der Waals surface area contributed by atoms with E-state index in [-0.39, 0.29) is 10.3 Å². The Morgan fingerprint density at radius 2 is 2.20 bits per heavy atom. The summed E-state index contributed by atoms with van der Waals surface area (Å²) in [7, 11) is 0. The van der Waals surface area contributed by atoms with Gasteiger partial charge in [0.15, 0.2) is 0 Å². The van der Waals surface area contributed by atoms with Gasteiger partial charge in [-0.15, -0.1) is 23.2 Å². The van der Waals surface area contributed by atoms with Crippen LogP contribution in [0.15, 0.2) is 0 Å². The molecule has 0 spiro atoms. The minimum atomic E-state index is -0.0835. The molecule has 0 heterocycles. The SMILES string of the molecule is CC[C@]1(Cl)CCCC[C@@H]1Cl. The standard InChI is InChI=1S/C8H14Cl2/c1-2-8(10)6-4-3-5-7(8)9/h7H,2-6H2,1H3/t7-,8-/m0/s1. The summed E-state index contributed by atoms with van der Waals surface area (Å²) in [5, 5.41) is 0.202. The highest BCUT2D eigenvalue weighted by atomic mass is 35.5. The highest BCUT2D eigenvalue weighted by Gasteiger charge is 2.35. The van der Waals surface area contributed by atoms with Crippen LogP contribution in [0.2, 0.25) is 0 Å². The van der Waals surface area contributed by atoms with Crippen LogP contribution in [0.3, 0.4) is 0 Å². The van der Waals surface area contributed by atoms with Crippen LogP contribution < -0.4 is 0 Å². The molecule has 2 atom stereocenters. The number of hydrogen-bond acceptors (Lipinski definition) is 0. The van der Waals surface area contributed by atoms with Gasteiger partial charge in [0.05, 0.1) is 10.3 Å². The van der Waals surface area contributed by atoms with Crippen LogP contribution in [-0.2, 0) is 0 Å².